The number of aromatic nitrogens is 1. The van der Waals surface area contributed by atoms with Gasteiger partial charge >= 0.3 is 0 Å². The first-order valence-electron chi connectivity index (χ1n) is 8.19. The normalized spacial score (nSPS) is 19.8. The molecule has 0 bridgehead atoms. The first-order chi connectivity index (χ1) is 11.6. The van der Waals surface area contributed by atoms with E-state index in [1.807, 2.05) is 35.5 Å². The Balaban J connectivity index is 1.57. The van der Waals surface area contributed by atoms with E-state index in [1.165, 1.54) is 0 Å². The number of likely N-dealkylation sites (N-methyl/N-ethyl adjacent to an activating group) is 1. The Labute approximate surface area is 146 Å². The number of ether oxygens (including phenoxy) is 1. The monoisotopic (exact) mass is 345 g/mol. The number of amides is 1. The maximum absolute atomic E-state index is 12.6. The van der Waals surface area contributed by atoms with E-state index < -0.39 is 0 Å². The second-order valence-corrected chi connectivity index (χ2v) is 6.98. The van der Waals surface area contributed by atoms with E-state index >= 15 is 0 Å². The minimum absolute atomic E-state index is 0.0246. The van der Waals surface area contributed by atoms with Crippen LogP contribution in [-0.4, -0.2) is 54.0 Å². The Morgan fingerprint density at radius 1 is 1.46 bits per heavy atom. The maximum Gasteiger partial charge on any atom is 0.236 e. The molecule has 6 heteroatoms. The fraction of sp³-hybridized carbons (Fsp3) is 0.444. The van der Waals surface area contributed by atoms with E-state index in [1.54, 1.807) is 17.5 Å². The van der Waals surface area contributed by atoms with Gasteiger partial charge in [0.05, 0.1) is 19.2 Å². The van der Waals surface area contributed by atoms with Crippen molar-refractivity contribution in [1.29, 1.82) is 0 Å². The molecule has 24 heavy (non-hydrogen) atoms. The number of hydrogen-bond acceptors (Lipinski definition) is 5. The summed E-state index contributed by atoms with van der Waals surface area (Å²) in [6, 6.07) is 10.2. The summed E-state index contributed by atoms with van der Waals surface area (Å²) >= 11 is 1.60. The second kappa shape index (κ2) is 7.88. The van der Waals surface area contributed by atoms with E-state index in [2.05, 4.69) is 28.9 Å². The molecule has 0 spiro atoms. The zero-order valence-corrected chi connectivity index (χ0v) is 14.9. The molecule has 0 saturated carbocycles. The van der Waals surface area contributed by atoms with Gasteiger partial charge in [-0.05, 0) is 12.5 Å². The van der Waals surface area contributed by atoms with Gasteiger partial charge < -0.3 is 9.64 Å². The van der Waals surface area contributed by atoms with E-state index in [0.29, 0.717) is 19.7 Å². The van der Waals surface area contributed by atoms with Gasteiger partial charge in [0.1, 0.15) is 11.1 Å². The van der Waals surface area contributed by atoms with Crippen LogP contribution in [0, 0.1) is 0 Å². The van der Waals surface area contributed by atoms with Crippen molar-refractivity contribution in [1.82, 2.24) is 14.8 Å². The lowest BCUT2D eigenvalue weighted by Crippen LogP contribution is -2.45. The van der Waals surface area contributed by atoms with Gasteiger partial charge in [-0.3, -0.25) is 9.69 Å². The molecule has 0 radical (unpaired) electrons. The summed E-state index contributed by atoms with van der Waals surface area (Å²) in [5, 5.41) is 2.94. The molecule has 0 unspecified atom stereocenters. The van der Waals surface area contributed by atoms with Gasteiger partial charge in [-0.15, -0.1) is 11.3 Å². The third-order valence-electron chi connectivity index (χ3n) is 4.49. The highest BCUT2D eigenvalue weighted by Crippen LogP contribution is 2.24. The van der Waals surface area contributed by atoms with E-state index in [4.69, 9.17) is 4.74 Å². The molecule has 2 heterocycles. The van der Waals surface area contributed by atoms with E-state index in [0.717, 1.165) is 17.1 Å². The van der Waals surface area contributed by atoms with Crippen LogP contribution in [0.1, 0.15) is 29.6 Å². The molecule has 1 saturated heterocycles. The molecule has 1 amide bonds. The molecule has 2 atom stereocenters. The molecule has 1 aliphatic rings. The number of thiazole rings is 1. The van der Waals surface area contributed by atoms with Gasteiger partial charge in [0, 0.05) is 31.7 Å². The highest BCUT2D eigenvalue weighted by Gasteiger charge is 2.27. The van der Waals surface area contributed by atoms with Gasteiger partial charge in [0.25, 0.3) is 0 Å². The number of carbonyl (C=O) groups excluding carboxylic acids is 1. The quantitative estimate of drug-likeness (QED) is 0.836. The van der Waals surface area contributed by atoms with Gasteiger partial charge in [-0.1, -0.05) is 30.3 Å². The summed E-state index contributed by atoms with van der Waals surface area (Å²) in [5.41, 5.74) is 1.15. The van der Waals surface area contributed by atoms with E-state index in [9.17, 15) is 4.79 Å². The van der Waals surface area contributed by atoms with Crippen LogP contribution in [0.25, 0.3) is 0 Å². The molecule has 1 fully saturated rings. The van der Waals surface area contributed by atoms with Crippen LogP contribution in [-0.2, 0) is 9.53 Å². The summed E-state index contributed by atoms with van der Waals surface area (Å²) in [6.45, 7) is 4.60. The molecule has 5 nitrogen and oxygen atoms in total. The summed E-state index contributed by atoms with van der Waals surface area (Å²) in [5.74, 6) is 0.131. The van der Waals surface area contributed by atoms with Crippen molar-refractivity contribution in [2.45, 2.75) is 19.1 Å². The van der Waals surface area contributed by atoms with Crippen molar-refractivity contribution >= 4 is 17.2 Å². The molecule has 128 valence electrons. The number of carbonyl (C=O) groups is 1. The number of morpholine rings is 1. The highest BCUT2D eigenvalue weighted by atomic mass is 32.1. The third-order valence-corrected chi connectivity index (χ3v) is 5.36. The van der Waals surface area contributed by atoms with Crippen molar-refractivity contribution in [3.05, 3.63) is 52.5 Å². The van der Waals surface area contributed by atoms with Crippen LogP contribution in [0.5, 0.6) is 0 Å². The SMILES string of the molecule is C[C@H](c1ccccc1)N(C)C(=O)CN1CCO[C@@H](c2nccs2)C1. The first-order valence-corrected chi connectivity index (χ1v) is 9.07. The number of nitrogens with zero attached hydrogens (tertiary/aromatic N) is 3. The minimum atomic E-state index is -0.0246. The molecule has 1 aliphatic heterocycles. The maximum atomic E-state index is 12.6. The van der Waals surface area contributed by atoms with Crippen LogP contribution in [0.3, 0.4) is 0 Å². The Kier molecular flexibility index (Phi) is 5.60. The average Bonchev–Trinajstić information content (AvgIpc) is 3.16. The van der Waals surface area contributed by atoms with Crippen molar-refractivity contribution in [3.63, 3.8) is 0 Å². The van der Waals surface area contributed by atoms with Crippen molar-refractivity contribution < 1.29 is 9.53 Å². The Hall–Kier alpha value is -1.76. The van der Waals surface area contributed by atoms with Gasteiger partial charge in [-0.2, -0.15) is 0 Å². The van der Waals surface area contributed by atoms with Crippen LogP contribution in [0.15, 0.2) is 41.9 Å². The van der Waals surface area contributed by atoms with E-state index in [-0.39, 0.29) is 18.1 Å². The van der Waals surface area contributed by atoms with Gasteiger partial charge in [-0.25, -0.2) is 4.98 Å². The molecule has 2 aromatic rings. The number of rotatable bonds is 5. The van der Waals surface area contributed by atoms with Gasteiger partial charge in [0.2, 0.25) is 5.91 Å². The standard InChI is InChI=1S/C18H23N3O2S/c1-14(15-6-4-3-5-7-15)20(2)17(22)13-21-9-10-23-16(12-21)18-19-8-11-24-18/h3-8,11,14,16H,9-10,12-13H2,1-2H3/t14-,16-/m1/s1. The fourth-order valence-corrected chi connectivity index (χ4v) is 3.54. The van der Waals surface area contributed by atoms with Crippen LogP contribution in [0.4, 0.5) is 0 Å². The van der Waals surface area contributed by atoms with Crippen LogP contribution in [0.2, 0.25) is 0 Å². The summed E-state index contributed by atoms with van der Waals surface area (Å²) in [7, 11) is 1.87. The second-order valence-electron chi connectivity index (χ2n) is 6.06. The predicted molar refractivity (Wildman–Crippen MR) is 94.9 cm³/mol. The number of hydrogen-bond donors (Lipinski definition) is 0. The lowest BCUT2D eigenvalue weighted by molar-refractivity contribution is -0.135. The van der Waals surface area contributed by atoms with Gasteiger partial charge in [0.15, 0.2) is 0 Å². The molecule has 3 rings (SSSR count). The largest absolute Gasteiger partial charge is 0.368 e. The minimum Gasteiger partial charge on any atom is -0.368 e. The van der Waals surface area contributed by atoms with Crippen LogP contribution < -0.4 is 0 Å². The number of benzene rings is 1. The fourth-order valence-electron chi connectivity index (χ4n) is 2.86. The Bertz CT molecular complexity index is 648. The Morgan fingerprint density at radius 3 is 2.96 bits per heavy atom. The topological polar surface area (TPSA) is 45.7 Å². The molecule has 0 aliphatic carbocycles. The smallest absolute Gasteiger partial charge is 0.236 e. The lowest BCUT2D eigenvalue weighted by atomic mass is 10.1. The van der Waals surface area contributed by atoms with Crippen LogP contribution >= 0.6 is 11.3 Å². The average molecular weight is 345 g/mol. The zero-order valence-electron chi connectivity index (χ0n) is 14.1. The summed E-state index contributed by atoms with van der Waals surface area (Å²) in [6.07, 6.45) is 1.77. The molecule has 1 aromatic carbocycles. The lowest BCUT2D eigenvalue weighted by Gasteiger charge is -2.33. The highest BCUT2D eigenvalue weighted by molar-refractivity contribution is 7.09. The van der Waals surface area contributed by atoms with Crippen molar-refractivity contribution in [3.8, 4) is 0 Å². The molecule has 0 N–H and O–H groups in total. The molecular weight excluding hydrogens is 322 g/mol. The van der Waals surface area contributed by atoms with Crippen molar-refractivity contribution in [2.75, 3.05) is 33.3 Å². The molecule has 1 aromatic heterocycles. The first kappa shape index (κ1) is 17.1. The summed E-state index contributed by atoms with van der Waals surface area (Å²) < 4.78 is 5.79. The third kappa shape index (κ3) is 4.01. The van der Waals surface area contributed by atoms with Crippen molar-refractivity contribution in [2.24, 2.45) is 0 Å². The summed E-state index contributed by atoms with van der Waals surface area (Å²) in [4.78, 5) is 21.0. The predicted octanol–water partition coefficient (Wildman–Crippen LogP) is 2.74. The zero-order chi connectivity index (χ0) is 16.9. The Morgan fingerprint density at radius 2 is 2.25 bits per heavy atom. The molecular formula is C18H23N3O2S.